The van der Waals surface area contributed by atoms with Crippen molar-refractivity contribution in [3.8, 4) is 17.7 Å². The number of nitrogens with two attached hydrogens (primary N) is 1. The van der Waals surface area contributed by atoms with Crippen molar-refractivity contribution in [2.45, 2.75) is 25.7 Å². The molecule has 0 bridgehead atoms. The van der Waals surface area contributed by atoms with Gasteiger partial charge in [0, 0.05) is 24.7 Å². The Morgan fingerprint density at radius 1 is 1.35 bits per heavy atom. The van der Waals surface area contributed by atoms with Gasteiger partial charge in [-0.3, -0.25) is 5.73 Å². The van der Waals surface area contributed by atoms with Gasteiger partial charge in [0.25, 0.3) is 11.8 Å². The van der Waals surface area contributed by atoms with E-state index in [1.807, 2.05) is 6.92 Å². The monoisotopic (exact) mass is 426 g/mol. The van der Waals surface area contributed by atoms with E-state index in [1.165, 1.54) is 19.6 Å². The number of hydrogen-bond acceptors (Lipinski definition) is 5. The average Bonchev–Trinajstić information content (AvgIpc) is 2.74. The molecule has 0 saturated carbocycles. The van der Waals surface area contributed by atoms with Crippen LogP contribution in [0.4, 0.5) is 8.78 Å². The Bertz CT molecular complexity index is 1120. The number of nitrogens with one attached hydrogen (secondary N) is 2. The molecule has 4 N–H and O–H groups in total. The van der Waals surface area contributed by atoms with Gasteiger partial charge >= 0.3 is 5.91 Å². The van der Waals surface area contributed by atoms with Crippen molar-refractivity contribution in [1.29, 1.82) is 0 Å². The van der Waals surface area contributed by atoms with Crippen molar-refractivity contribution in [1.82, 2.24) is 15.3 Å². The number of ether oxygens (including phenoxy) is 1. The molecule has 9 heteroatoms. The van der Waals surface area contributed by atoms with Crippen molar-refractivity contribution < 1.29 is 23.3 Å². The third-order valence-electron chi connectivity index (χ3n) is 4.64. The van der Waals surface area contributed by atoms with Gasteiger partial charge in [0.05, 0.1) is 24.4 Å². The smallest absolute Gasteiger partial charge is 0.339 e. The van der Waals surface area contributed by atoms with E-state index >= 15 is 0 Å². The Morgan fingerprint density at radius 3 is 2.87 bits per heavy atom. The minimum atomic E-state index is -3.00. The standard InChI is InChI=1S/C22H21F2N5O2/c1-14-4-5-16(10-15(14)6-7-17-12-26-13-28-21(17)31-2)20(30)29-19(25)11-18-22(23,24)8-3-9-27-18/h4-5,10-13,27H,3,8-9H2,1-2H3,(H2,25,29,30)/p+1/b18-11-. The second-order valence-electron chi connectivity index (χ2n) is 6.93. The fourth-order valence-electron chi connectivity index (χ4n) is 2.95. The minimum Gasteiger partial charge on any atom is -0.480 e. The highest BCUT2D eigenvalue weighted by Crippen LogP contribution is 2.30. The van der Waals surface area contributed by atoms with Gasteiger partial charge in [-0.1, -0.05) is 17.9 Å². The maximum absolute atomic E-state index is 13.9. The molecule has 0 spiro atoms. The number of aryl methyl sites for hydroxylation is 1. The summed E-state index contributed by atoms with van der Waals surface area (Å²) >= 11 is 0. The highest BCUT2D eigenvalue weighted by Gasteiger charge is 2.37. The molecule has 1 fully saturated rings. The van der Waals surface area contributed by atoms with Crippen LogP contribution in [0.5, 0.6) is 5.88 Å². The van der Waals surface area contributed by atoms with E-state index < -0.39 is 11.8 Å². The predicted molar refractivity (Wildman–Crippen MR) is 110 cm³/mol. The first-order valence-electron chi connectivity index (χ1n) is 9.54. The van der Waals surface area contributed by atoms with Crippen LogP contribution in [0.1, 0.15) is 39.9 Å². The van der Waals surface area contributed by atoms with E-state index in [-0.39, 0.29) is 23.5 Å². The molecule has 1 saturated heterocycles. The van der Waals surface area contributed by atoms with Crippen molar-refractivity contribution in [3.05, 3.63) is 64.8 Å². The van der Waals surface area contributed by atoms with Gasteiger partial charge in [0.1, 0.15) is 11.9 Å². The largest absolute Gasteiger partial charge is 0.480 e. The van der Waals surface area contributed by atoms with Gasteiger partial charge in [-0.15, -0.1) is 0 Å². The van der Waals surface area contributed by atoms with E-state index in [2.05, 4.69) is 32.1 Å². The number of carbonyl (C=O) groups is 1. The van der Waals surface area contributed by atoms with Crippen LogP contribution in [-0.2, 0) is 0 Å². The molecule has 0 radical (unpaired) electrons. The zero-order chi connectivity index (χ0) is 22.4. The molecule has 7 nitrogen and oxygen atoms in total. The van der Waals surface area contributed by atoms with Gasteiger partial charge in [-0.2, -0.15) is 8.78 Å². The first-order valence-corrected chi connectivity index (χ1v) is 9.54. The molecular weight excluding hydrogens is 404 g/mol. The summed E-state index contributed by atoms with van der Waals surface area (Å²) in [5.74, 6) is 2.55. The van der Waals surface area contributed by atoms with Crippen LogP contribution in [0, 0.1) is 18.8 Å². The van der Waals surface area contributed by atoms with Gasteiger partial charge in [-0.05, 0) is 31.0 Å². The van der Waals surface area contributed by atoms with Gasteiger partial charge in [0.2, 0.25) is 5.88 Å². The van der Waals surface area contributed by atoms with Gasteiger partial charge in [-0.25, -0.2) is 19.8 Å². The fraction of sp³-hybridized carbons (Fsp3) is 0.273. The van der Waals surface area contributed by atoms with Crippen LogP contribution < -0.4 is 20.8 Å². The van der Waals surface area contributed by atoms with Crippen LogP contribution in [-0.4, -0.2) is 41.3 Å². The number of nitrogens with zero attached hydrogens (tertiary/aromatic N) is 2. The number of rotatable bonds is 3. The van der Waals surface area contributed by atoms with E-state index in [4.69, 9.17) is 10.5 Å². The Labute approximate surface area is 178 Å². The highest BCUT2D eigenvalue weighted by molar-refractivity contribution is 5.95. The summed E-state index contributed by atoms with van der Waals surface area (Å²) in [6, 6.07) is 4.95. The Hall–Kier alpha value is -3.80. The Morgan fingerprint density at radius 2 is 2.13 bits per heavy atom. The normalized spacial score (nSPS) is 16.8. The molecule has 31 heavy (non-hydrogen) atoms. The maximum Gasteiger partial charge on any atom is 0.339 e. The quantitative estimate of drug-likeness (QED) is 0.379. The Balaban J connectivity index is 1.85. The first-order chi connectivity index (χ1) is 14.8. The number of halogens is 2. The first kappa shape index (κ1) is 21.9. The van der Waals surface area contributed by atoms with Crippen molar-refractivity contribution in [3.63, 3.8) is 0 Å². The van der Waals surface area contributed by atoms with Crippen LogP contribution in [0.2, 0.25) is 0 Å². The number of hydrogen-bond donors (Lipinski definition) is 3. The molecule has 0 unspecified atom stereocenters. The van der Waals surface area contributed by atoms with E-state index in [0.717, 1.165) is 11.6 Å². The van der Waals surface area contributed by atoms with Crippen LogP contribution >= 0.6 is 0 Å². The van der Waals surface area contributed by atoms with Crippen molar-refractivity contribution >= 4 is 11.7 Å². The summed E-state index contributed by atoms with van der Waals surface area (Å²) in [7, 11) is 1.48. The van der Waals surface area contributed by atoms with Crippen molar-refractivity contribution in [2.24, 2.45) is 5.73 Å². The maximum atomic E-state index is 13.9. The summed E-state index contributed by atoms with van der Waals surface area (Å²) in [5.41, 5.74) is 7.73. The zero-order valence-electron chi connectivity index (χ0n) is 17.1. The molecule has 0 aliphatic carbocycles. The van der Waals surface area contributed by atoms with E-state index in [0.29, 0.717) is 30.0 Å². The SMILES string of the molecule is COc1ncncc1C#Cc1cc(C(=O)[NH+]=C(N)/C=C2\NCCCC2(F)F)ccc1C. The lowest BCUT2D eigenvalue weighted by molar-refractivity contribution is -0.345. The fourth-order valence-corrected chi connectivity index (χ4v) is 2.95. The number of alkyl halides is 2. The third kappa shape index (κ3) is 5.42. The molecule has 1 aliphatic heterocycles. The van der Waals surface area contributed by atoms with Gasteiger partial charge < -0.3 is 10.1 Å². The minimum absolute atomic E-state index is 0.173. The topological polar surface area (TPSA) is 104 Å². The molecule has 3 rings (SSSR count). The molecule has 1 amide bonds. The lowest BCUT2D eigenvalue weighted by Crippen LogP contribution is -2.79. The van der Waals surface area contributed by atoms with Gasteiger partial charge in [0.15, 0.2) is 0 Å². The molecule has 2 heterocycles. The number of aromatic nitrogens is 2. The number of amidine groups is 1. The number of carbonyl (C=O) groups excluding carboxylic acids is 1. The second-order valence-corrected chi connectivity index (χ2v) is 6.93. The summed E-state index contributed by atoms with van der Waals surface area (Å²) in [5, 5.41) is 2.63. The molecule has 0 atom stereocenters. The summed E-state index contributed by atoms with van der Waals surface area (Å²) in [6.45, 7) is 2.28. The Kier molecular flexibility index (Phi) is 6.60. The highest BCUT2D eigenvalue weighted by atomic mass is 19.3. The number of methoxy groups -OCH3 is 1. The lowest BCUT2D eigenvalue weighted by atomic mass is 10.0. The molecule has 1 aromatic carbocycles. The van der Waals surface area contributed by atoms with Crippen LogP contribution in [0.15, 0.2) is 42.5 Å². The average molecular weight is 426 g/mol. The van der Waals surface area contributed by atoms with Crippen molar-refractivity contribution in [2.75, 3.05) is 13.7 Å². The van der Waals surface area contributed by atoms with Crippen LogP contribution in [0.25, 0.3) is 0 Å². The summed E-state index contributed by atoms with van der Waals surface area (Å²) in [6.07, 6.45) is 4.06. The lowest BCUT2D eigenvalue weighted by Gasteiger charge is -2.25. The zero-order valence-corrected chi connectivity index (χ0v) is 17.1. The molecular formula is C22H22F2N5O2+. The molecule has 160 valence electrons. The molecule has 1 aliphatic rings. The summed E-state index contributed by atoms with van der Waals surface area (Å²) in [4.78, 5) is 22.9. The molecule has 2 aromatic rings. The number of allylic oxidation sites excluding steroid dienone is 1. The number of benzene rings is 1. The van der Waals surface area contributed by atoms with E-state index in [1.54, 1.807) is 18.2 Å². The van der Waals surface area contributed by atoms with E-state index in [9.17, 15) is 13.6 Å². The number of piperidine rings is 1. The molecule has 1 aromatic heterocycles. The number of amides is 1. The predicted octanol–water partition coefficient (Wildman–Crippen LogP) is 0.674. The second kappa shape index (κ2) is 9.34. The van der Waals surface area contributed by atoms with Crippen LogP contribution in [0.3, 0.4) is 0 Å². The third-order valence-corrected chi connectivity index (χ3v) is 4.64. The summed E-state index contributed by atoms with van der Waals surface area (Å²) < 4.78 is 33.0.